The predicted molar refractivity (Wildman–Crippen MR) is 138 cm³/mol. The molecule has 7 aromatic rings. The van der Waals surface area contributed by atoms with Crippen LogP contribution in [0.25, 0.3) is 52.2 Å². The van der Waals surface area contributed by atoms with E-state index >= 15 is 0 Å². The van der Waals surface area contributed by atoms with Crippen molar-refractivity contribution < 1.29 is 0 Å². The molecule has 0 aliphatic carbocycles. The fraction of sp³-hybridized carbons (Fsp3) is 0.0769. The minimum atomic E-state index is 1.23. The molecule has 0 unspecified atom stereocenters. The van der Waals surface area contributed by atoms with Crippen molar-refractivity contribution in [2.45, 2.75) is 13.8 Å². The van der Waals surface area contributed by atoms with E-state index in [9.17, 15) is 0 Å². The lowest BCUT2D eigenvalue weighted by Crippen LogP contribution is -1.97. The third-order valence-electron chi connectivity index (χ3n) is 6.07. The second kappa shape index (κ2) is 6.33. The summed E-state index contributed by atoms with van der Waals surface area (Å²) in [6, 6.07) is 22.4. The van der Waals surface area contributed by atoms with Gasteiger partial charge in [-0.25, -0.2) is 0 Å². The molecule has 0 aliphatic heterocycles. The van der Waals surface area contributed by atoms with Gasteiger partial charge in [0.1, 0.15) is 0 Å². The molecule has 0 spiro atoms. The van der Waals surface area contributed by atoms with E-state index < -0.39 is 0 Å². The number of fused-ring (bicyclic) bond motifs is 7. The van der Waals surface area contributed by atoms with E-state index in [-0.39, 0.29) is 0 Å². The summed E-state index contributed by atoms with van der Waals surface area (Å²) in [7, 11) is 0. The number of hydrogen-bond donors (Lipinski definition) is 0. The molecule has 0 fully saturated rings. The highest BCUT2D eigenvalue weighted by atomic mass is 32.1. The highest BCUT2D eigenvalue weighted by Gasteiger charge is 2.25. The number of thiophene rings is 3. The van der Waals surface area contributed by atoms with E-state index in [2.05, 4.69) is 94.4 Å². The fourth-order valence-corrected chi connectivity index (χ4v) is 7.94. The number of aryl methyl sites for hydroxylation is 2. The van der Waals surface area contributed by atoms with Crippen LogP contribution in [0.5, 0.6) is 0 Å². The number of benzene rings is 2. The molecule has 31 heavy (non-hydrogen) atoms. The number of nitrogens with zero attached hydrogens (tertiary/aromatic N) is 2. The standard InChI is InChI=1S/C26H18N2S3/c1-15-3-7-17(8-4-15)27-19-11-13-29-23(19)25-21(27)22-26(31-25)24-20(12-14-30-24)28(22)18-9-5-16(2)6-10-18/h3-14H,1-2H3. The zero-order valence-corrected chi connectivity index (χ0v) is 19.5. The van der Waals surface area contributed by atoms with E-state index in [1.165, 1.54) is 63.4 Å². The molecule has 0 N–H and O–H groups in total. The summed E-state index contributed by atoms with van der Waals surface area (Å²) in [5.41, 5.74) is 10.3. The van der Waals surface area contributed by atoms with Crippen LogP contribution in [0, 0.1) is 13.8 Å². The first-order valence-electron chi connectivity index (χ1n) is 10.3. The molecule has 0 bridgehead atoms. The first-order chi connectivity index (χ1) is 15.2. The molecular formula is C26H18N2S3. The molecule has 0 amide bonds. The van der Waals surface area contributed by atoms with Crippen molar-refractivity contribution in [1.29, 1.82) is 0 Å². The number of hydrogen-bond acceptors (Lipinski definition) is 3. The molecule has 5 aromatic heterocycles. The summed E-state index contributed by atoms with van der Waals surface area (Å²) in [5.74, 6) is 0. The molecule has 5 heteroatoms. The Labute approximate surface area is 191 Å². The van der Waals surface area contributed by atoms with Gasteiger partial charge in [0.25, 0.3) is 0 Å². The van der Waals surface area contributed by atoms with Gasteiger partial charge in [-0.15, -0.1) is 34.0 Å². The average molecular weight is 455 g/mol. The van der Waals surface area contributed by atoms with E-state index in [0.717, 1.165) is 0 Å². The van der Waals surface area contributed by atoms with Gasteiger partial charge in [0.2, 0.25) is 0 Å². The Balaban J connectivity index is 1.71. The number of aromatic nitrogens is 2. The lowest BCUT2D eigenvalue weighted by atomic mass is 10.2. The summed E-state index contributed by atoms with van der Waals surface area (Å²) in [6.07, 6.45) is 0. The second-order valence-corrected chi connectivity index (χ2v) is 10.9. The third kappa shape index (κ3) is 2.37. The van der Waals surface area contributed by atoms with Gasteiger partial charge in [0, 0.05) is 11.4 Å². The Morgan fingerprint density at radius 3 is 1.35 bits per heavy atom. The molecule has 0 radical (unpaired) electrons. The monoisotopic (exact) mass is 454 g/mol. The normalized spacial score (nSPS) is 12.2. The second-order valence-electron chi connectivity index (χ2n) is 8.07. The van der Waals surface area contributed by atoms with E-state index in [1.54, 1.807) is 0 Å². The fourth-order valence-electron chi connectivity index (χ4n) is 4.60. The van der Waals surface area contributed by atoms with Crippen molar-refractivity contribution in [1.82, 2.24) is 9.13 Å². The van der Waals surface area contributed by atoms with Crippen LogP contribution >= 0.6 is 34.0 Å². The highest BCUT2D eigenvalue weighted by molar-refractivity contribution is 7.33. The first kappa shape index (κ1) is 17.8. The van der Waals surface area contributed by atoms with Gasteiger partial charge < -0.3 is 9.13 Å². The molecule has 150 valence electrons. The van der Waals surface area contributed by atoms with Crippen molar-refractivity contribution >= 4 is 74.9 Å². The maximum absolute atomic E-state index is 2.47. The van der Waals surface area contributed by atoms with Crippen molar-refractivity contribution in [3.63, 3.8) is 0 Å². The molecule has 2 aromatic carbocycles. The maximum Gasteiger partial charge on any atom is 0.0908 e. The van der Waals surface area contributed by atoms with Crippen LogP contribution in [0.4, 0.5) is 0 Å². The minimum Gasteiger partial charge on any atom is -0.306 e. The van der Waals surface area contributed by atoms with Crippen LogP contribution in [0.2, 0.25) is 0 Å². The van der Waals surface area contributed by atoms with Crippen LogP contribution in [-0.2, 0) is 0 Å². The van der Waals surface area contributed by atoms with Gasteiger partial charge in [-0.2, -0.15) is 0 Å². The average Bonchev–Trinajstić information content (AvgIpc) is 3.54. The quantitative estimate of drug-likeness (QED) is 0.247. The van der Waals surface area contributed by atoms with Crippen molar-refractivity contribution in [3.8, 4) is 11.4 Å². The van der Waals surface area contributed by atoms with Crippen molar-refractivity contribution in [3.05, 3.63) is 82.6 Å². The SMILES string of the molecule is Cc1ccc(-n2c3ccsc3c3sc4c5sccc5n(-c5ccc(C)cc5)c4c32)cc1. The van der Waals surface area contributed by atoms with Gasteiger partial charge >= 0.3 is 0 Å². The van der Waals surface area contributed by atoms with Crippen LogP contribution in [0.15, 0.2) is 71.4 Å². The molecule has 7 rings (SSSR count). The van der Waals surface area contributed by atoms with Gasteiger partial charge in [-0.1, -0.05) is 35.4 Å². The van der Waals surface area contributed by atoms with Gasteiger partial charge in [-0.05, 0) is 61.0 Å². The van der Waals surface area contributed by atoms with Crippen molar-refractivity contribution in [2.24, 2.45) is 0 Å². The molecular weight excluding hydrogens is 437 g/mol. The highest BCUT2D eigenvalue weighted by Crippen LogP contribution is 2.49. The summed E-state index contributed by atoms with van der Waals surface area (Å²) in [4.78, 5) is 0. The molecule has 2 nitrogen and oxygen atoms in total. The lowest BCUT2D eigenvalue weighted by Gasteiger charge is -2.10. The van der Waals surface area contributed by atoms with Gasteiger partial charge in [0.05, 0.1) is 40.9 Å². The van der Waals surface area contributed by atoms with E-state index in [1.807, 2.05) is 34.0 Å². The lowest BCUT2D eigenvalue weighted by molar-refractivity contribution is 1.15. The Morgan fingerprint density at radius 2 is 0.935 bits per heavy atom. The third-order valence-corrected chi connectivity index (χ3v) is 9.38. The van der Waals surface area contributed by atoms with Crippen molar-refractivity contribution in [2.75, 3.05) is 0 Å². The Morgan fingerprint density at radius 1 is 0.516 bits per heavy atom. The topological polar surface area (TPSA) is 9.86 Å². The zero-order valence-electron chi connectivity index (χ0n) is 17.0. The Hall–Kier alpha value is -2.86. The van der Waals surface area contributed by atoms with Crippen LogP contribution in [-0.4, -0.2) is 9.13 Å². The number of rotatable bonds is 2. The summed E-state index contributed by atoms with van der Waals surface area (Å²) in [6.45, 7) is 4.29. The predicted octanol–water partition coefficient (Wildman–Crippen LogP) is 8.68. The summed E-state index contributed by atoms with van der Waals surface area (Å²) in [5, 5.41) is 4.43. The minimum absolute atomic E-state index is 1.23. The first-order valence-corrected chi connectivity index (χ1v) is 12.8. The van der Waals surface area contributed by atoms with Gasteiger partial charge in [0.15, 0.2) is 0 Å². The van der Waals surface area contributed by atoms with Crippen LogP contribution in [0.3, 0.4) is 0 Å². The summed E-state index contributed by atoms with van der Waals surface area (Å²) < 4.78 is 10.5. The largest absolute Gasteiger partial charge is 0.306 e. The Bertz CT molecular complexity index is 1600. The molecule has 0 saturated carbocycles. The molecule has 0 atom stereocenters. The molecule has 5 heterocycles. The smallest absolute Gasteiger partial charge is 0.0908 e. The van der Waals surface area contributed by atoms with Crippen LogP contribution < -0.4 is 0 Å². The van der Waals surface area contributed by atoms with Crippen LogP contribution in [0.1, 0.15) is 11.1 Å². The summed E-state index contributed by atoms with van der Waals surface area (Å²) >= 11 is 5.64. The zero-order chi connectivity index (χ0) is 20.7. The maximum atomic E-state index is 2.47. The molecule has 0 saturated heterocycles. The van der Waals surface area contributed by atoms with E-state index in [4.69, 9.17) is 0 Å². The van der Waals surface area contributed by atoms with E-state index in [0.29, 0.717) is 0 Å². The molecule has 0 aliphatic rings. The Kier molecular flexibility index (Phi) is 3.63. The van der Waals surface area contributed by atoms with Gasteiger partial charge in [-0.3, -0.25) is 0 Å².